The number of hydrogen-bond donors (Lipinski definition) is 0. The molecular weight excluding hydrogens is 261 g/mol. The molecule has 0 fully saturated rings. The molecule has 0 radical (unpaired) electrons. The number of nitro groups is 1. The van der Waals surface area contributed by atoms with E-state index in [0.717, 1.165) is 30.3 Å². The Hall–Kier alpha value is -2.24. The molecule has 1 heterocycles. The molecule has 0 saturated carbocycles. The summed E-state index contributed by atoms with van der Waals surface area (Å²) in [5.41, 5.74) is 2.31. The molecule has 1 aromatic heterocycles. The summed E-state index contributed by atoms with van der Waals surface area (Å²) in [5.74, 6) is -0.602. The SMILES string of the molecule is CCc1cc(CC)n(Cc2cc(F)cc([N+](=O)[O-])c2)n1. The Bertz CT molecular complexity index is 637. The fourth-order valence-corrected chi connectivity index (χ4v) is 2.11. The summed E-state index contributed by atoms with van der Waals surface area (Å²) in [6.07, 6.45) is 1.63. The molecule has 2 rings (SSSR count). The number of benzene rings is 1. The Morgan fingerprint density at radius 1 is 1.25 bits per heavy atom. The summed E-state index contributed by atoms with van der Waals surface area (Å²) in [6, 6.07) is 5.62. The molecule has 0 N–H and O–H groups in total. The molecule has 5 nitrogen and oxygen atoms in total. The van der Waals surface area contributed by atoms with Crippen molar-refractivity contribution in [2.24, 2.45) is 0 Å². The molecule has 1 aromatic carbocycles. The molecule has 0 saturated heterocycles. The molecule has 0 spiro atoms. The normalized spacial score (nSPS) is 10.8. The highest BCUT2D eigenvalue weighted by atomic mass is 19.1. The van der Waals surface area contributed by atoms with Crippen LogP contribution in [0.15, 0.2) is 24.3 Å². The van der Waals surface area contributed by atoms with Crippen molar-refractivity contribution < 1.29 is 9.31 Å². The third-order valence-electron chi connectivity index (χ3n) is 3.12. The van der Waals surface area contributed by atoms with Crippen molar-refractivity contribution in [2.45, 2.75) is 33.2 Å². The van der Waals surface area contributed by atoms with Gasteiger partial charge in [-0.05, 0) is 30.5 Å². The monoisotopic (exact) mass is 277 g/mol. The van der Waals surface area contributed by atoms with Crippen LogP contribution in [0, 0.1) is 15.9 Å². The lowest BCUT2D eigenvalue weighted by Crippen LogP contribution is -2.06. The second kappa shape index (κ2) is 5.81. The molecule has 2 aromatic rings. The van der Waals surface area contributed by atoms with Gasteiger partial charge in [-0.2, -0.15) is 5.10 Å². The maximum absolute atomic E-state index is 13.4. The van der Waals surface area contributed by atoms with Crippen LogP contribution in [-0.4, -0.2) is 14.7 Å². The molecule has 0 aliphatic heterocycles. The van der Waals surface area contributed by atoms with Crippen LogP contribution in [0.5, 0.6) is 0 Å². The van der Waals surface area contributed by atoms with E-state index in [1.807, 2.05) is 19.9 Å². The van der Waals surface area contributed by atoms with Crippen LogP contribution in [0.25, 0.3) is 0 Å². The van der Waals surface area contributed by atoms with Gasteiger partial charge in [-0.25, -0.2) is 4.39 Å². The van der Waals surface area contributed by atoms with Crippen molar-refractivity contribution in [3.63, 3.8) is 0 Å². The number of non-ortho nitro benzene ring substituents is 1. The van der Waals surface area contributed by atoms with Gasteiger partial charge in [-0.3, -0.25) is 14.8 Å². The molecule has 20 heavy (non-hydrogen) atoms. The second-order valence-corrected chi connectivity index (χ2v) is 4.57. The van der Waals surface area contributed by atoms with Gasteiger partial charge >= 0.3 is 0 Å². The minimum atomic E-state index is -0.602. The van der Waals surface area contributed by atoms with Gasteiger partial charge in [-0.1, -0.05) is 13.8 Å². The molecule has 0 aliphatic rings. The lowest BCUT2D eigenvalue weighted by molar-refractivity contribution is -0.385. The summed E-state index contributed by atoms with van der Waals surface area (Å²) in [7, 11) is 0. The smallest absolute Gasteiger partial charge is 0.265 e. The van der Waals surface area contributed by atoms with Gasteiger partial charge in [0.15, 0.2) is 0 Å². The molecule has 0 unspecified atom stereocenters. The number of nitro benzene ring substituents is 1. The summed E-state index contributed by atoms with van der Waals surface area (Å²) >= 11 is 0. The first kappa shape index (κ1) is 14.2. The number of aryl methyl sites for hydroxylation is 2. The van der Waals surface area contributed by atoms with E-state index in [1.54, 1.807) is 4.68 Å². The van der Waals surface area contributed by atoms with E-state index in [1.165, 1.54) is 12.1 Å². The highest BCUT2D eigenvalue weighted by Gasteiger charge is 2.12. The van der Waals surface area contributed by atoms with Crippen molar-refractivity contribution in [3.05, 3.63) is 57.1 Å². The van der Waals surface area contributed by atoms with Crippen molar-refractivity contribution in [1.29, 1.82) is 0 Å². The van der Waals surface area contributed by atoms with Gasteiger partial charge in [0.25, 0.3) is 5.69 Å². The van der Waals surface area contributed by atoms with Crippen LogP contribution in [0.2, 0.25) is 0 Å². The van der Waals surface area contributed by atoms with Crippen LogP contribution in [0.4, 0.5) is 10.1 Å². The van der Waals surface area contributed by atoms with Gasteiger partial charge < -0.3 is 0 Å². The van der Waals surface area contributed by atoms with E-state index in [-0.39, 0.29) is 5.69 Å². The summed E-state index contributed by atoms with van der Waals surface area (Å²) in [6.45, 7) is 4.36. The van der Waals surface area contributed by atoms with Gasteiger partial charge in [0.1, 0.15) is 5.82 Å². The number of rotatable bonds is 5. The van der Waals surface area contributed by atoms with Crippen LogP contribution >= 0.6 is 0 Å². The van der Waals surface area contributed by atoms with Crippen molar-refractivity contribution in [1.82, 2.24) is 9.78 Å². The van der Waals surface area contributed by atoms with Gasteiger partial charge in [0.05, 0.1) is 23.2 Å². The summed E-state index contributed by atoms with van der Waals surface area (Å²) in [4.78, 5) is 10.2. The van der Waals surface area contributed by atoms with Crippen molar-refractivity contribution in [3.8, 4) is 0 Å². The third-order valence-corrected chi connectivity index (χ3v) is 3.12. The fraction of sp³-hybridized carbons (Fsp3) is 0.357. The molecular formula is C14H16FN3O2. The minimum absolute atomic E-state index is 0.235. The fourth-order valence-electron chi connectivity index (χ4n) is 2.11. The maximum atomic E-state index is 13.4. The number of hydrogen-bond acceptors (Lipinski definition) is 3. The quantitative estimate of drug-likeness (QED) is 0.623. The predicted octanol–water partition coefficient (Wildman–Crippen LogP) is 3.10. The highest BCUT2D eigenvalue weighted by molar-refractivity contribution is 5.35. The Balaban J connectivity index is 2.34. The second-order valence-electron chi connectivity index (χ2n) is 4.57. The average Bonchev–Trinajstić information content (AvgIpc) is 2.80. The van der Waals surface area contributed by atoms with E-state index in [4.69, 9.17) is 0 Å². The standard InChI is InChI=1S/C14H16FN3O2/c1-3-12-8-13(4-2)17(16-12)9-10-5-11(15)7-14(6-10)18(19)20/h5-8H,3-4,9H2,1-2H3. The zero-order chi connectivity index (χ0) is 14.7. The minimum Gasteiger partial charge on any atom is -0.265 e. The molecule has 6 heteroatoms. The first-order valence-corrected chi connectivity index (χ1v) is 6.53. The van der Waals surface area contributed by atoms with Gasteiger partial charge in [0, 0.05) is 11.8 Å². The van der Waals surface area contributed by atoms with E-state index in [2.05, 4.69) is 5.10 Å². The highest BCUT2D eigenvalue weighted by Crippen LogP contribution is 2.18. The van der Waals surface area contributed by atoms with Crippen molar-refractivity contribution in [2.75, 3.05) is 0 Å². The van der Waals surface area contributed by atoms with E-state index >= 15 is 0 Å². The Labute approximate surface area is 116 Å². The van der Waals surface area contributed by atoms with E-state index in [0.29, 0.717) is 12.1 Å². The van der Waals surface area contributed by atoms with E-state index < -0.39 is 10.7 Å². The van der Waals surface area contributed by atoms with Crippen LogP contribution in [0.1, 0.15) is 30.8 Å². The Kier molecular flexibility index (Phi) is 4.12. The Morgan fingerprint density at radius 3 is 2.60 bits per heavy atom. The molecule has 106 valence electrons. The lowest BCUT2D eigenvalue weighted by atomic mass is 10.2. The Morgan fingerprint density at radius 2 is 2.00 bits per heavy atom. The topological polar surface area (TPSA) is 61.0 Å². The molecule has 0 aliphatic carbocycles. The zero-order valence-corrected chi connectivity index (χ0v) is 11.5. The predicted molar refractivity (Wildman–Crippen MR) is 73.1 cm³/mol. The van der Waals surface area contributed by atoms with Gasteiger partial charge in [0.2, 0.25) is 0 Å². The number of nitrogens with zero attached hydrogens (tertiary/aromatic N) is 3. The van der Waals surface area contributed by atoms with E-state index in [9.17, 15) is 14.5 Å². The summed E-state index contributed by atoms with van der Waals surface area (Å²) < 4.78 is 15.2. The number of aromatic nitrogens is 2. The average molecular weight is 277 g/mol. The summed E-state index contributed by atoms with van der Waals surface area (Å²) in [5, 5.41) is 15.2. The first-order valence-electron chi connectivity index (χ1n) is 6.53. The van der Waals surface area contributed by atoms with Crippen LogP contribution < -0.4 is 0 Å². The largest absolute Gasteiger partial charge is 0.272 e. The van der Waals surface area contributed by atoms with Crippen LogP contribution in [-0.2, 0) is 19.4 Å². The van der Waals surface area contributed by atoms with Crippen LogP contribution in [0.3, 0.4) is 0 Å². The van der Waals surface area contributed by atoms with Crippen molar-refractivity contribution >= 4 is 5.69 Å². The maximum Gasteiger partial charge on any atom is 0.272 e. The zero-order valence-electron chi connectivity index (χ0n) is 11.5. The lowest BCUT2D eigenvalue weighted by Gasteiger charge is -2.06. The molecule has 0 amide bonds. The van der Waals surface area contributed by atoms with Gasteiger partial charge in [-0.15, -0.1) is 0 Å². The molecule has 0 atom stereocenters. The third kappa shape index (κ3) is 3.01. The number of halogens is 1. The molecule has 0 bridgehead atoms. The first-order chi connectivity index (χ1) is 9.53.